The van der Waals surface area contributed by atoms with Crippen molar-refractivity contribution in [2.24, 2.45) is 5.92 Å². The Bertz CT molecular complexity index is 1150. The third kappa shape index (κ3) is 3.19. The minimum absolute atomic E-state index is 0.0673. The molecule has 2 aliphatic rings. The lowest BCUT2D eigenvalue weighted by molar-refractivity contribution is 0.0785. The molecule has 1 saturated heterocycles. The van der Waals surface area contributed by atoms with Crippen molar-refractivity contribution in [3.05, 3.63) is 69.2 Å². The SMILES string of the molecule is C[C@@H]1CN(C(=O)c2ccc3nc(N)c4c(c3c2)CO[C@@H]4C)C[C@@H]1c1ccc(Br)cc1. The van der Waals surface area contributed by atoms with Crippen molar-refractivity contribution < 1.29 is 9.53 Å². The summed E-state index contributed by atoms with van der Waals surface area (Å²) in [7, 11) is 0. The molecular formula is C24H24BrN3O2. The van der Waals surface area contributed by atoms with E-state index in [9.17, 15) is 4.79 Å². The molecule has 2 aliphatic heterocycles. The summed E-state index contributed by atoms with van der Waals surface area (Å²) in [6, 6.07) is 14.2. The Morgan fingerprint density at radius 3 is 2.70 bits per heavy atom. The number of hydrogen-bond acceptors (Lipinski definition) is 4. The van der Waals surface area contributed by atoms with Crippen molar-refractivity contribution >= 4 is 38.6 Å². The van der Waals surface area contributed by atoms with E-state index in [1.807, 2.05) is 30.0 Å². The monoisotopic (exact) mass is 465 g/mol. The number of amides is 1. The number of nitrogen functional groups attached to an aromatic ring is 1. The number of carbonyl (C=O) groups excluding carboxylic acids is 1. The lowest BCUT2D eigenvalue weighted by Gasteiger charge is -2.18. The van der Waals surface area contributed by atoms with Gasteiger partial charge in [-0.25, -0.2) is 4.98 Å². The highest BCUT2D eigenvalue weighted by Gasteiger charge is 2.34. The Morgan fingerprint density at radius 1 is 1.17 bits per heavy atom. The first-order chi connectivity index (χ1) is 14.4. The van der Waals surface area contributed by atoms with Crippen LogP contribution in [0.5, 0.6) is 0 Å². The Hall–Kier alpha value is -2.44. The molecule has 5 nitrogen and oxygen atoms in total. The second-order valence-electron chi connectivity index (χ2n) is 8.42. The van der Waals surface area contributed by atoms with Crippen molar-refractivity contribution in [3.8, 4) is 0 Å². The van der Waals surface area contributed by atoms with Crippen LogP contribution in [-0.4, -0.2) is 28.9 Å². The maximum atomic E-state index is 13.3. The van der Waals surface area contributed by atoms with Gasteiger partial charge in [-0.2, -0.15) is 0 Å². The molecule has 154 valence electrons. The average molecular weight is 466 g/mol. The van der Waals surface area contributed by atoms with E-state index >= 15 is 0 Å². The van der Waals surface area contributed by atoms with Crippen molar-refractivity contribution in [2.75, 3.05) is 18.8 Å². The zero-order valence-corrected chi connectivity index (χ0v) is 18.6. The first-order valence-corrected chi connectivity index (χ1v) is 11.1. The average Bonchev–Trinajstić information content (AvgIpc) is 3.32. The lowest BCUT2D eigenvalue weighted by atomic mass is 9.90. The summed E-state index contributed by atoms with van der Waals surface area (Å²) in [5.41, 5.74) is 10.9. The molecule has 0 spiro atoms. The molecule has 2 N–H and O–H groups in total. The summed E-state index contributed by atoms with van der Waals surface area (Å²) in [5, 5.41) is 0.964. The lowest BCUT2D eigenvalue weighted by Crippen LogP contribution is -2.28. The summed E-state index contributed by atoms with van der Waals surface area (Å²) in [5.74, 6) is 1.35. The molecule has 6 heteroatoms. The van der Waals surface area contributed by atoms with E-state index in [1.54, 1.807) is 0 Å². The van der Waals surface area contributed by atoms with Gasteiger partial charge in [0.05, 0.1) is 18.2 Å². The van der Waals surface area contributed by atoms with Gasteiger partial charge < -0.3 is 15.4 Å². The quantitative estimate of drug-likeness (QED) is 0.574. The van der Waals surface area contributed by atoms with E-state index in [2.05, 4.69) is 52.1 Å². The van der Waals surface area contributed by atoms with Crippen LogP contribution in [0.4, 0.5) is 5.82 Å². The predicted octanol–water partition coefficient (Wildman–Crippen LogP) is 5.05. The number of likely N-dealkylation sites (tertiary alicyclic amines) is 1. The number of nitrogens with two attached hydrogens (primary N) is 1. The summed E-state index contributed by atoms with van der Waals surface area (Å²) < 4.78 is 6.85. The number of nitrogens with zero attached hydrogens (tertiary/aromatic N) is 2. The van der Waals surface area contributed by atoms with Crippen LogP contribution in [0.2, 0.25) is 0 Å². The minimum Gasteiger partial charge on any atom is -0.383 e. The largest absolute Gasteiger partial charge is 0.383 e. The molecule has 1 amide bonds. The standard InChI is InChI=1S/C24H24BrN3O2/c1-13-10-28(11-19(13)15-3-6-17(25)7-4-15)24(29)16-5-8-21-18(9-16)20-12-30-14(2)22(20)23(26)27-21/h3-9,13-14,19H,10-12H2,1-2H3,(H2,26,27)/t13-,14-,19+/m1/s1. The second kappa shape index (κ2) is 7.36. The first-order valence-electron chi connectivity index (χ1n) is 10.3. The Kier molecular flexibility index (Phi) is 4.79. The Labute approximate surface area is 184 Å². The van der Waals surface area contributed by atoms with Crippen LogP contribution in [-0.2, 0) is 11.3 Å². The number of benzene rings is 2. The molecule has 5 rings (SSSR count). The van der Waals surface area contributed by atoms with Crippen LogP contribution >= 0.6 is 15.9 Å². The van der Waals surface area contributed by atoms with Crippen LogP contribution in [0.3, 0.4) is 0 Å². The minimum atomic E-state index is -0.0673. The molecule has 1 aromatic heterocycles. The van der Waals surface area contributed by atoms with E-state index < -0.39 is 0 Å². The van der Waals surface area contributed by atoms with Gasteiger partial charge in [-0.05, 0) is 54.3 Å². The molecule has 2 aromatic carbocycles. The molecule has 0 bridgehead atoms. The summed E-state index contributed by atoms with van der Waals surface area (Å²) in [6.45, 7) is 6.20. The second-order valence-corrected chi connectivity index (χ2v) is 9.34. The molecule has 30 heavy (non-hydrogen) atoms. The first kappa shape index (κ1) is 19.5. The smallest absolute Gasteiger partial charge is 0.253 e. The van der Waals surface area contributed by atoms with Gasteiger partial charge in [-0.15, -0.1) is 0 Å². The number of halogens is 1. The molecule has 0 radical (unpaired) electrons. The number of fused-ring (bicyclic) bond motifs is 3. The summed E-state index contributed by atoms with van der Waals surface area (Å²) >= 11 is 3.50. The van der Waals surface area contributed by atoms with Gasteiger partial charge in [0.25, 0.3) is 5.91 Å². The Morgan fingerprint density at radius 2 is 1.93 bits per heavy atom. The van der Waals surface area contributed by atoms with Gasteiger partial charge >= 0.3 is 0 Å². The highest BCUT2D eigenvalue weighted by molar-refractivity contribution is 9.10. The molecule has 0 saturated carbocycles. The summed E-state index contributed by atoms with van der Waals surface area (Å²) in [4.78, 5) is 19.9. The maximum absolute atomic E-state index is 13.3. The van der Waals surface area contributed by atoms with Crippen LogP contribution in [0.15, 0.2) is 46.9 Å². The molecular weight excluding hydrogens is 442 g/mol. The fourth-order valence-electron chi connectivity index (χ4n) is 4.86. The topological polar surface area (TPSA) is 68.5 Å². The van der Waals surface area contributed by atoms with Crippen LogP contribution < -0.4 is 5.73 Å². The molecule has 3 heterocycles. The van der Waals surface area contributed by atoms with E-state index in [0.717, 1.165) is 39.6 Å². The predicted molar refractivity (Wildman–Crippen MR) is 121 cm³/mol. The van der Waals surface area contributed by atoms with Crippen LogP contribution in [0.25, 0.3) is 10.9 Å². The fourth-order valence-corrected chi connectivity index (χ4v) is 5.12. The van der Waals surface area contributed by atoms with Gasteiger partial charge in [0.2, 0.25) is 0 Å². The third-order valence-electron chi connectivity index (χ3n) is 6.49. The van der Waals surface area contributed by atoms with Gasteiger partial charge in [0.1, 0.15) is 5.82 Å². The highest BCUT2D eigenvalue weighted by atomic mass is 79.9. The zero-order chi connectivity index (χ0) is 21.0. The van der Waals surface area contributed by atoms with Crippen molar-refractivity contribution in [2.45, 2.75) is 32.5 Å². The molecule has 0 aliphatic carbocycles. The number of aromatic nitrogens is 1. The van der Waals surface area contributed by atoms with E-state index in [-0.39, 0.29) is 12.0 Å². The zero-order valence-electron chi connectivity index (χ0n) is 17.1. The number of carbonyl (C=O) groups is 1. The number of rotatable bonds is 2. The van der Waals surface area contributed by atoms with E-state index in [1.165, 1.54) is 5.56 Å². The van der Waals surface area contributed by atoms with Gasteiger partial charge in [0.15, 0.2) is 0 Å². The maximum Gasteiger partial charge on any atom is 0.253 e. The van der Waals surface area contributed by atoms with Gasteiger partial charge in [-0.3, -0.25) is 4.79 Å². The van der Waals surface area contributed by atoms with Crippen LogP contribution in [0, 0.1) is 5.92 Å². The molecule has 3 atom stereocenters. The van der Waals surface area contributed by atoms with Gasteiger partial charge in [-0.1, -0.05) is 35.0 Å². The fraction of sp³-hybridized carbons (Fsp3) is 0.333. The Balaban J connectivity index is 1.45. The molecule has 0 unspecified atom stereocenters. The normalized spacial score (nSPS) is 23.2. The van der Waals surface area contributed by atoms with E-state index in [0.29, 0.717) is 29.8 Å². The third-order valence-corrected chi connectivity index (χ3v) is 7.02. The van der Waals surface area contributed by atoms with Crippen molar-refractivity contribution in [1.29, 1.82) is 0 Å². The van der Waals surface area contributed by atoms with Gasteiger partial charge in [0, 0.05) is 40.0 Å². The number of hydrogen-bond donors (Lipinski definition) is 1. The van der Waals surface area contributed by atoms with E-state index in [4.69, 9.17) is 10.5 Å². The van der Waals surface area contributed by atoms with Crippen molar-refractivity contribution in [3.63, 3.8) is 0 Å². The number of anilines is 1. The highest BCUT2D eigenvalue weighted by Crippen LogP contribution is 2.39. The molecule has 1 fully saturated rings. The summed E-state index contributed by atoms with van der Waals surface area (Å²) in [6.07, 6.45) is -0.0673. The number of pyridine rings is 1. The van der Waals surface area contributed by atoms with Crippen molar-refractivity contribution in [1.82, 2.24) is 9.88 Å². The number of ether oxygens (including phenoxy) is 1. The van der Waals surface area contributed by atoms with Crippen LogP contribution in [0.1, 0.15) is 52.9 Å². The molecule has 3 aromatic rings.